The number of nitro benzene ring substituents is 1. The van der Waals surface area contributed by atoms with Crippen LogP contribution in [0.15, 0.2) is 48.5 Å². The molecule has 0 radical (unpaired) electrons. The molecule has 0 saturated carbocycles. The third kappa shape index (κ3) is 3.56. The largest absolute Gasteiger partial charge is 0.494 e. The number of hydrogen-bond acceptors (Lipinski definition) is 4. The Morgan fingerprint density at radius 1 is 1.19 bits per heavy atom. The van der Waals surface area contributed by atoms with Crippen LogP contribution in [0.25, 0.3) is 0 Å². The van der Waals surface area contributed by atoms with Gasteiger partial charge in [-0.15, -0.1) is 0 Å². The van der Waals surface area contributed by atoms with Crippen LogP contribution in [0.2, 0.25) is 0 Å². The number of nitrogens with one attached hydrogen (secondary N) is 1. The maximum Gasteiger partial charge on any atom is 0.292 e. The summed E-state index contributed by atoms with van der Waals surface area (Å²) in [5.74, 6) is 0.257. The maximum absolute atomic E-state index is 12.1. The number of anilines is 1. The fourth-order valence-corrected chi connectivity index (χ4v) is 1.80. The molecule has 0 heterocycles. The molecule has 2 rings (SSSR count). The molecule has 0 atom stereocenters. The van der Waals surface area contributed by atoms with E-state index in [0.717, 1.165) is 0 Å². The number of amides is 1. The van der Waals surface area contributed by atoms with Crippen molar-refractivity contribution in [2.45, 2.75) is 6.92 Å². The topological polar surface area (TPSA) is 81.5 Å². The zero-order valence-corrected chi connectivity index (χ0v) is 11.4. The second-order valence-electron chi connectivity index (χ2n) is 4.19. The second-order valence-corrected chi connectivity index (χ2v) is 4.19. The Morgan fingerprint density at radius 3 is 2.48 bits per heavy atom. The Labute approximate surface area is 121 Å². The van der Waals surface area contributed by atoms with E-state index in [0.29, 0.717) is 17.9 Å². The highest BCUT2D eigenvalue weighted by atomic mass is 16.6. The van der Waals surface area contributed by atoms with Crippen molar-refractivity contribution in [1.82, 2.24) is 0 Å². The highest BCUT2D eigenvalue weighted by Gasteiger charge is 2.15. The summed E-state index contributed by atoms with van der Waals surface area (Å²) in [6.45, 7) is 2.41. The molecule has 0 unspecified atom stereocenters. The molecule has 0 spiro atoms. The van der Waals surface area contributed by atoms with E-state index in [9.17, 15) is 14.9 Å². The summed E-state index contributed by atoms with van der Waals surface area (Å²) >= 11 is 0. The van der Waals surface area contributed by atoms with E-state index < -0.39 is 10.8 Å². The molecule has 1 amide bonds. The fourth-order valence-electron chi connectivity index (χ4n) is 1.80. The third-order valence-corrected chi connectivity index (χ3v) is 2.78. The number of nitrogens with zero attached hydrogens (tertiary/aromatic N) is 1. The average Bonchev–Trinajstić information content (AvgIpc) is 2.48. The molecule has 108 valence electrons. The first-order chi connectivity index (χ1) is 10.1. The Balaban J connectivity index is 2.16. The lowest BCUT2D eigenvalue weighted by Gasteiger charge is -2.07. The molecule has 0 aliphatic rings. The van der Waals surface area contributed by atoms with E-state index >= 15 is 0 Å². The van der Waals surface area contributed by atoms with E-state index in [1.165, 1.54) is 12.1 Å². The number of carbonyl (C=O) groups is 1. The Morgan fingerprint density at radius 2 is 1.86 bits per heavy atom. The van der Waals surface area contributed by atoms with Crippen LogP contribution in [-0.2, 0) is 0 Å². The van der Waals surface area contributed by atoms with Crippen molar-refractivity contribution in [2.24, 2.45) is 0 Å². The lowest BCUT2D eigenvalue weighted by Crippen LogP contribution is -2.13. The summed E-state index contributed by atoms with van der Waals surface area (Å²) in [6.07, 6.45) is 0. The molecule has 0 aromatic heterocycles. The first-order valence-corrected chi connectivity index (χ1v) is 6.39. The predicted molar refractivity (Wildman–Crippen MR) is 78.7 cm³/mol. The average molecular weight is 286 g/mol. The molecule has 2 aromatic carbocycles. The van der Waals surface area contributed by atoms with Crippen molar-refractivity contribution in [3.63, 3.8) is 0 Å². The zero-order chi connectivity index (χ0) is 15.2. The Bertz CT molecular complexity index is 653. The van der Waals surface area contributed by atoms with E-state index in [2.05, 4.69) is 5.32 Å². The van der Waals surface area contributed by atoms with Gasteiger partial charge in [0.05, 0.1) is 11.5 Å². The van der Waals surface area contributed by atoms with Crippen LogP contribution in [0.4, 0.5) is 11.4 Å². The van der Waals surface area contributed by atoms with Crippen molar-refractivity contribution in [1.29, 1.82) is 0 Å². The van der Waals surface area contributed by atoms with Crippen LogP contribution in [-0.4, -0.2) is 17.4 Å². The second kappa shape index (κ2) is 6.51. The van der Waals surface area contributed by atoms with Crippen LogP contribution in [0.3, 0.4) is 0 Å². The normalized spacial score (nSPS) is 9.95. The molecule has 0 aliphatic heterocycles. The molecular weight excluding hydrogens is 272 g/mol. The van der Waals surface area contributed by atoms with Crippen molar-refractivity contribution in [3.05, 3.63) is 64.2 Å². The summed E-state index contributed by atoms with van der Waals surface area (Å²) in [6, 6.07) is 12.6. The Kier molecular flexibility index (Phi) is 4.50. The summed E-state index contributed by atoms with van der Waals surface area (Å²) in [4.78, 5) is 22.4. The monoisotopic (exact) mass is 286 g/mol. The van der Waals surface area contributed by atoms with E-state index in [1.54, 1.807) is 36.4 Å². The van der Waals surface area contributed by atoms with Gasteiger partial charge in [-0.25, -0.2) is 0 Å². The van der Waals surface area contributed by atoms with E-state index in [1.807, 2.05) is 6.92 Å². The Hall–Kier alpha value is -2.89. The molecule has 1 N–H and O–H groups in total. The smallest absolute Gasteiger partial charge is 0.292 e. The maximum atomic E-state index is 12.1. The predicted octanol–water partition coefficient (Wildman–Crippen LogP) is 3.25. The fraction of sp³-hybridized carbons (Fsp3) is 0.133. The molecule has 6 nitrogen and oxygen atoms in total. The van der Waals surface area contributed by atoms with Gasteiger partial charge in [-0.2, -0.15) is 0 Å². The molecule has 2 aromatic rings. The molecule has 0 aliphatic carbocycles. The highest BCUT2D eigenvalue weighted by Crippen LogP contribution is 2.24. The third-order valence-electron chi connectivity index (χ3n) is 2.78. The summed E-state index contributed by atoms with van der Waals surface area (Å²) < 4.78 is 5.29. The van der Waals surface area contributed by atoms with Gasteiger partial charge in [0.2, 0.25) is 0 Å². The standard InChI is InChI=1S/C15H14N2O4/c1-2-21-12-9-7-11(8-10-12)15(18)16-13-5-3-4-6-14(13)17(19)20/h3-10H,2H2,1H3,(H,16,18). The van der Waals surface area contributed by atoms with Gasteiger partial charge in [-0.1, -0.05) is 12.1 Å². The van der Waals surface area contributed by atoms with Crippen LogP contribution >= 0.6 is 0 Å². The zero-order valence-electron chi connectivity index (χ0n) is 11.4. The molecule has 6 heteroatoms. The summed E-state index contributed by atoms with van der Waals surface area (Å²) in [5, 5.41) is 13.4. The minimum Gasteiger partial charge on any atom is -0.494 e. The molecule has 0 fully saturated rings. The van der Waals surface area contributed by atoms with Gasteiger partial charge in [-0.05, 0) is 37.3 Å². The highest BCUT2D eigenvalue weighted by molar-refractivity contribution is 6.05. The number of hydrogen-bond donors (Lipinski definition) is 1. The molecule has 21 heavy (non-hydrogen) atoms. The molecule has 0 bridgehead atoms. The van der Waals surface area contributed by atoms with Crippen molar-refractivity contribution >= 4 is 17.3 Å². The van der Waals surface area contributed by atoms with Crippen molar-refractivity contribution < 1.29 is 14.5 Å². The van der Waals surface area contributed by atoms with Crippen LogP contribution in [0.1, 0.15) is 17.3 Å². The number of ether oxygens (including phenoxy) is 1. The van der Waals surface area contributed by atoms with Gasteiger partial charge in [0.1, 0.15) is 11.4 Å². The van der Waals surface area contributed by atoms with Crippen molar-refractivity contribution in [3.8, 4) is 5.75 Å². The van der Waals surface area contributed by atoms with Gasteiger partial charge in [-0.3, -0.25) is 14.9 Å². The van der Waals surface area contributed by atoms with Gasteiger partial charge in [0.15, 0.2) is 0 Å². The van der Waals surface area contributed by atoms with Gasteiger partial charge < -0.3 is 10.1 Å². The first kappa shape index (κ1) is 14.5. The lowest BCUT2D eigenvalue weighted by molar-refractivity contribution is -0.383. The molecular formula is C15H14N2O4. The van der Waals surface area contributed by atoms with E-state index in [-0.39, 0.29) is 11.4 Å². The number of para-hydroxylation sites is 2. The molecule has 0 saturated heterocycles. The van der Waals surface area contributed by atoms with Gasteiger partial charge in [0, 0.05) is 11.6 Å². The van der Waals surface area contributed by atoms with Gasteiger partial charge >= 0.3 is 0 Å². The SMILES string of the molecule is CCOc1ccc(C(=O)Nc2ccccc2[N+](=O)[O-])cc1. The quantitative estimate of drug-likeness (QED) is 0.675. The number of rotatable bonds is 5. The summed E-state index contributed by atoms with van der Waals surface area (Å²) in [7, 11) is 0. The minimum atomic E-state index is -0.534. The number of benzene rings is 2. The minimum absolute atomic E-state index is 0.142. The van der Waals surface area contributed by atoms with E-state index in [4.69, 9.17) is 4.74 Å². The first-order valence-electron chi connectivity index (χ1n) is 6.39. The number of nitro groups is 1. The number of carbonyl (C=O) groups excluding carboxylic acids is 1. The summed E-state index contributed by atoms with van der Waals surface area (Å²) in [5.41, 5.74) is 0.426. The van der Waals surface area contributed by atoms with Crippen LogP contribution in [0, 0.1) is 10.1 Å². The lowest BCUT2D eigenvalue weighted by atomic mass is 10.2. The van der Waals surface area contributed by atoms with Gasteiger partial charge in [0.25, 0.3) is 11.6 Å². The van der Waals surface area contributed by atoms with Crippen LogP contribution in [0.5, 0.6) is 5.75 Å². The van der Waals surface area contributed by atoms with Crippen LogP contribution < -0.4 is 10.1 Å². The van der Waals surface area contributed by atoms with Crippen molar-refractivity contribution in [2.75, 3.05) is 11.9 Å².